The summed E-state index contributed by atoms with van der Waals surface area (Å²) >= 11 is 0. The van der Waals surface area contributed by atoms with Gasteiger partial charge in [-0.3, -0.25) is 14.4 Å². The molecule has 0 aliphatic heterocycles. The number of benzene rings is 1. The first kappa shape index (κ1) is 14.2. The normalized spacial score (nSPS) is 26.2. The summed E-state index contributed by atoms with van der Waals surface area (Å²) in [6.45, 7) is 1.80. The fourth-order valence-corrected chi connectivity index (χ4v) is 2.96. The van der Waals surface area contributed by atoms with Crippen LogP contribution in [-0.4, -0.2) is 27.9 Å². The molecule has 5 nitrogen and oxygen atoms in total. The smallest absolute Gasteiger partial charge is 0.308 e. The third kappa shape index (κ3) is 2.43. The first-order valence-electron chi connectivity index (χ1n) is 6.47. The second-order valence-electron chi connectivity index (χ2n) is 5.15. The maximum Gasteiger partial charge on any atom is 0.308 e. The van der Waals surface area contributed by atoms with Gasteiger partial charge in [0.25, 0.3) is 0 Å². The van der Waals surface area contributed by atoms with E-state index in [1.807, 2.05) is 0 Å². The van der Waals surface area contributed by atoms with Crippen LogP contribution in [-0.2, 0) is 14.4 Å². The van der Waals surface area contributed by atoms with E-state index in [2.05, 4.69) is 0 Å². The van der Waals surface area contributed by atoms with E-state index in [4.69, 9.17) is 0 Å². The highest BCUT2D eigenvalue weighted by atomic mass is 16.4. The molecule has 1 fully saturated rings. The minimum atomic E-state index is -1.22. The molecule has 0 radical (unpaired) electrons. The molecule has 20 heavy (non-hydrogen) atoms. The monoisotopic (exact) mass is 276 g/mol. The zero-order chi connectivity index (χ0) is 14.9. The van der Waals surface area contributed by atoms with Crippen LogP contribution in [0.15, 0.2) is 24.3 Å². The van der Waals surface area contributed by atoms with Crippen LogP contribution in [0.3, 0.4) is 0 Å². The van der Waals surface area contributed by atoms with Crippen molar-refractivity contribution in [3.8, 4) is 0 Å². The number of hydrogen-bond acceptors (Lipinski definition) is 3. The van der Waals surface area contributed by atoms with Gasteiger partial charge in [0.1, 0.15) is 5.78 Å². The van der Waals surface area contributed by atoms with Gasteiger partial charge in [-0.25, -0.2) is 0 Å². The first-order valence-corrected chi connectivity index (χ1v) is 6.47. The average molecular weight is 276 g/mol. The van der Waals surface area contributed by atoms with E-state index in [1.54, 1.807) is 31.2 Å². The molecule has 0 amide bonds. The van der Waals surface area contributed by atoms with E-state index in [1.165, 1.54) is 0 Å². The van der Waals surface area contributed by atoms with Crippen molar-refractivity contribution in [1.29, 1.82) is 0 Å². The number of aliphatic carboxylic acids is 2. The minimum Gasteiger partial charge on any atom is -0.481 e. The lowest BCUT2D eigenvalue weighted by molar-refractivity contribution is -0.158. The molecule has 3 unspecified atom stereocenters. The van der Waals surface area contributed by atoms with Crippen molar-refractivity contribution in [2.75, 3.05) is 0 Å². The number of Topliss-reactive ketones (excluding diaryl/α,β-unsaturated/α-hetero) is 1. The predicted molar refractivity (Wildman–Crippen MR) is 70.4 cm³/mol. The molecule has 2 rings (SSSR count). The van der Waals surface area contributed by atoms with E-state index in [9.17, 15) is 24.6 Å². The number of hydrogen-bond donors (Lipinski definition) is 2. The molecule has 0 aromatic heterocycles. The van der Waals surface area contributed by atoms with Crippen molar-refractivity contribution >= 4 is 17.7 Å². The van der Waals surface area contributed by atoms with Crippen molar-refractivity contribution in [3.63, 3.8) is 0 Å². The molecule has 5 heteroatoms. The SMILES string of the molecule is Cc1ccccc1C1C(=O)CCC(C(=O)O)C1C(=O)O. The van der Waals surface area contributed by atoms with Crippen LogP contribution in [0.25, 0.3) is 0 Å². The molecular weight excluding hydrogens is 260 g/mol. The van der Waals surface area contributed by atoms with E-state index in [-0.39, 0.29) is 18.6 Å². The largest absolute Gasteiger partial charge is 0.481 e. The summed E-state index contributed by atoms with van der Waals surface area (Å²) in [6.07, 6.45) is 0.202. The van der Waals surface area contributed by atoms with Gasteiger partial charge in [-0.15, -0.1) is 0 Å². The number of rotatable bonds is 3. The summed E-state index contributed by atoms with van der Waals surface area (Å²) in [6, 6.07) is 7.04. The number of carbonyl (C=O) groups excluding carboxylic acids is 1. The van der Waals surface area contributed by atoms with Crippen molar-refractivity contribution in [2.24, 2.45) is 11.8 Å². The predicted octanol–water partition coefficient (Wildman–Crippen LogP) is 1.84. The molecule has 0 bridgehead atoms. The molecule has 1 aliphatic rings. The Kier molecular flexibility index (Phi) is 3.88. The van der Waals surface area contributed by atoms with Gasteiger partial charge in [-0.05, 0) is 24.5 Å². The van der Waals surface area contributed by atoms with Gasteiger partial charge >= 0.3 is 11.9 Å². The minimum absolute atomic E-state index is 0.0908. The van der Waals surface area contributed by atoms with Crippen LogP contribution < -0.4 is 0 Å². The van der Waals surface area contributed by atoms with E-state index >= 15 is 0 Å². The zero-order valence-electron chi connectivity index (χ0n) is 11.1. The van der Waals surface area contributed by atoms with Gasteiger partial charge in [-0.1, -0.05) is 24.3 Å². The summed E-state index contributed by atoms with van der Waals surface area (Å²) in [4.78, 5) is 34.9. The Morgan fingerprint density at radius 2 is 1.80 bits per heavy atom. The number of carbonyl (C=O) groups is 3. The third-order valence-corrected chi connectivity index (χ3v) is 3.97. The van der Waals surface area contributed by atoms with Crippen LogP contribution in [0, 0.1) is 18.8 Å². The maximum atomic E-state index is 12.2. The summed E-state index contributed by atoms with van der Waals surface area (Å²) in [7, 11) is 0. The number of carboxylic acids is 2. The first-order chi connectivity index (χ1) is 9.43. The second-order valence-corrected chi connectivity index (χ2v) is 5.15. The highest BCUT2D eigenvalue weighted by Crippen LogP contribution is 2.40. The maximum absolute atomic E-state index is 12.2. The van der Waals surface area contributed by atoms with Gasteiger partial charge < -0.3 is 10.2 Å². The van der Waals surface area contributed by atoms with Gasteiger partial charge in [0.2, 0.25) is 0 Å². The third-order valence-electron chi connectivity index (χ3n) is 3.97. The van der Waals surface area contributed by atoms with Gasteiger partial charge in [0.15, 0.2) is 0 Å². The average Bonchev–Trinajstić information content (AvgIpc) is 2.38. The lowest BCUT2D eigenvalue weighted by atomic mass is 9.68. The molecule has 1 aromatic carbocycles. The molecule has 106 valence electrons. The lowest BCUT2D eigenvalue weighted by Crippen LogP contribution is -2.42. The highest BCUT2D eigenvalue weighted by Gasteiger charge is 2.47. The van der Waals surface area contributed by atoms with Gasteiger partial charge in [-0.2, -0.15) is 0 Å². The Morgan fingerprint density at radius 1 is 1.15 bits per heavy atom. The van der Waals surface area contributed by atoms with E-state index in [0.29, 0.717) is 5.56 Å². The molecule has 0 spiro atoms. The zero-order valence-corrected chi connectivity index (χ0v) is 11.1. The summed E-state index contributed by atoms with van der Waals surface area (Å²) in [5, 5.41) is 18.6. The standard InChI is InChI=1S/C15H16O5/c1-8-4-2-3-5-9(8)12-11(16)7-6-10(14(17)18)13(12)15(19)20/h2-5,10,12-13H,6-7H2,1H3,(H,17,18)(H,19,20). The highest BCUT2D eigenvalue weighted by molar-refractivity contribution is 5.95. The van der Waals surface area contributed by atoms with E-state index < -0.39 is 29.7 Å². The second kappa shape index (κ2) is 5.45. The Hall–Kier alpha value is -2.17. The quantitative estimate of drug-likeness (QED) is 0.879. The number of ketones is 1. The topological polar surface area (TPSA) is 91.7 Å². The van der Waals surface area contributed by atoms with Crippen LogP contribution in [0.2, 0.25) is 0 Å². The fraction of sp³-hybridized carbons (Fsp3) is 0.400. The summed E-state index contributed by atoms with van der Waals surface area (Å²) < 4.78 is 0. The van der Waals surface area contributed by atoms with Crippen LogP contribution >= 0.6 is 0 Å². The number of aryl methyl sites for hydroxylation is 1. The Labute approximate surface area is 116 Å². The lowest BCUT2D eigenvalue weighted by Gasteiger charge is -2.33. The van der Waals surface area contributed by atoms with Crippen molar-refractivity contribution in [1.82, 2.24) is 0 Å². The summed E-state index contributed by atoms with van der Waals surface area (Å²) in [5.74, 6) is -5.65. The molecule has 2 N–H and O–H groups in total. The van der Waals surface area contributed by atoms with Crippen molar-refractivity contribution < 1.29 is 24.6 Å². The van der Waals surface area contributed by atoms with Crippen molar-refractivity contribution in [3.05, 3.63) is 35.4 Å². The van der Waals surface area contributed by atoms with Crippen LogP contribution in [0.5, 0.6) is 0 Å². The van der Waals surface area contributed by atoms with Crippen LogP contribution in [0.1, 0.15) is 29.9 Å². The molecule has 3 atom stereocenters. The molecule has 0 saturated heterocycles. The number of carboxylic acid groups (broad SMARTS) is 2. The fourth-order valence-electron chi connectivity index (χ4n) is 2.96. The Morgan fingerprint density at radius 3 is 2.35 bits per heavy atom. The summed E-state index contributed by atoms with van der Waals surface area (Å²) in [5.41, 5.74) is 1.43. The van der Waals surface area contributed by atoms with Gasteiger partial charge in [0, 0.05) is 6.42 Å². The molecule has 1 aliphatic carbocycles. The Balaban J connectivity index is 2.51. The van der Waals surface area contributed by atoms with E-state index in [0.717, 1.165) is 5.56 Å². The van der Waals surface area contributed by atoms with Crippen molar-refractivity contribution in [2.45, 2.75) is 25.7 Å². The molecular formula is C15H16O5. The Bertz CT molecular complexity index is 563. The molecule has 1 aromatic rings. The van der Waals surface area contributed by atoms with Gasteiger partial charge in [0.05, 0.1) is 17.8 Å². The van der Waals surface area contributed by atoms with Crippen LogP contribution in [0.4, 0.5) is 0 Å². The molecule has 0 heterocycles. The molecule has 1 saturated carbocycles.